The molecule has 0 amide bonds. The standard InChI is InChI=1S/C22H28N5O9P/c1-13(2)34-20(30)14(3)26-37(32,36-15-7-5-4-6-8-15)33-11-16-18(28)19(29)22(12-23,35-16)27-10-9-17(24)25-21(27)31/h4-10,13-14,16,18-19,28-29H,11H2,1-3H3,(H,26,32)(H2,24,25,31)/t14-,16+,18?,19?,22+,37-/m0/s1. The molecule has 200 valence electrons. The minimum absolute atomic E-state index is 0.127. The van der Waals surface area contributed by atoms with E-state index in [-0.39, 0.29) is 11.6 Å². The maximum Gasteiger partial charge on any atom is 0.459 e. The normalized spacial score (nSPS) is 25.7. The summed E-state index contributed by atoms with van der Waals surface area (Å²) >= 11 is 0. The lowest BCUT2D eigenvalue weighted by molar-refractivity contribution is -0.149. The van der Waals surface area contributed by atoms with E-state index in [0.717, 1.165) is 6.20 Å². The number of nitrogens with two attached hydrogens (primary N) is 1. The number of aromatic nitrogens is 2. The molecule has 0 spiro atoms. The van der Waals surface area contributed by atoms with Crippen LogP contribution in [0.2, 0.25) is 0 Å². The average Bonchev–Trinajstić information content (AvgIpc) is 3.08. The summed E-state index contributed by atoms with van der Waals surface area (Å²) in [5.41, 5.74) is 2.10. The molecule has 0 radical (unpaired) electrons. The number of esters is 1. The summed E-state index contributed by atoms with van der Waals surface area (Å²) in [6.07, 6.45) is -4.47. The molecule has 2 unspecified atom stereocenters. The van der Waals surface area contributed by atoms with Gasteiger partial charge in [0.05, 0.1) is 12.7 Å². The van der Waals surface area contributed by atoms with Gasteiger partial charge in [0.2, 0.25) is 0 Å². The molecule has 1 aromatic heterocycles. The van der Waals surface area contributed by atoms with Gasteiger partial charge in [-0.1, -0.05) is 18.2 Å². The first-order chi connectivity index (χ1) is 17.4. The van der Waals surface area contributed by atoms with Crippen molar-refractivity contribution in [3.63, 3.8) is 0 Å². The second-order valence-electron chi connectivity index (χ2n) is 8.44. The average molecular weight is 537 g/mol. The van der Waals surface area contributed by atoms with Crippen LogP contribution in [0, 0.1) is 11.3 Å². The number of benzene rings is 1. The van der Waals surface area contributed by atoms with E-state index in [1.165, 1.54) is 25.1 Å². The summed E-state index contributed by atoms with van der Waals surface area (Å²) in [4.78, 5) is 28.1. The van der Waals surface area contributed by atoms with Crippen molar-refractivity contribution in [1.29, 1.82) is 5.26 Å². The number of anilines is 1. The van der Waals surface area contributed by atoms with E-state index in [9.17, 15) is 29.6 Å². The van der Waals surface area contributed by atoms with E-state index in [1.807, 2.05) is 0 Å². The quantitative estimate of drug-likeness (QED) is 0.237. The number of nitriles is 1. The monoisotopic (exact) mass is 537 g/mol. The van der Waals surface area contributed by atoms with Gasteiger partial charge in [0.15, 0.2) is 0 Å². The maximum atomic E-state index is 13.6. The van der Waals surface area contributed by atoms with E-state index >= 15 is 0 Å². The van der Waals surface area contributed by atoms with Crippen LogP contribution in [0.5, 0.6) is 5.75 Å². The number of para-hydroxylation sites is 1. The Hall–Kier alpha value is -3.31. The predicted octanol–water partition coefficient (Wildman–Crippen LogP) is 0.256. The van der Waals surface area contributed by atoms with Crippen molar-refractivity contribution >= 4 is 19.5 Å². The van der Waals surface area contributed by atoms with Crippen molar-refractivity contribution in [2.75, 3.05) is 12.3 Å². The van der Waals surface area contributed by atoms with Gasteiger partial charge >= 0.3 is 19.4 Å². The molecular formula is C22H28N5O9P. The SMILES string of the molecule is CC(C)OC(=O)[C@H](C)N[P@](=O)(OC[C@H]1O[C@@](C#N)(n2ccc(N)nc2=O)C(O)C1O)Oc1ccccc1. The fourth-order valence-corrected chi connectivity index (χ4v) is 4.96. The first kappa shape index (κ1) is 28.3. The number of aliphatic hydroxyl groups excluding tert-OH is 2. The van der Waals surface area contributed by atoms with Gasteiger partial charge in [-0.3, -0.25) is 13.9 Å². The molecule has 14 nitrogen and oxygen atoms in total. The number of carbonyl (C=O) groups excluding carboxylic acids is 1. The van der Waals surface area contributed by atoms with Crippen molar-refractivity contribution in [2.24, 2.45) is 0 Å². The molecule has 5 N–H and O–H groups in total. The predicted molar refractivity (Wildman–Crippen MR) is 128 cm³/mol. The Labute approximate surface area is 212 Å². The zero-order valence-electron chi connectivity index (χ0n) is 20.3. The Bertz CT molecular complexity index is 1250. The zero-order valence-corrected chi connectivity index (χ0v) is 21.1. The number of nitrogens with zero attached hydrogens (tertiary/aromatic N) is 3. The van der Waals surface area contributed by atoms with Crippen molar-refractivity contribution < 1.29 is 38.1 Å². The molecule has 2 heterocycles. The van der Waals surface area contributed by atoms with Crippen molar-refractivity contribution in [3.8, 4) is 11.8 Å². The van der Waals surface area contributed by atoms with Gasteiger partial charge in [-0.05, 0) is 39.0 Å². The zero-order chi connectivity index (χ0) is 27.4. The molecule has 6 atom stereocenters. The van der Waals surface area contributed by atoms with E-state index < -0.39 is 62.2 Å². The van der Waals surface area contributed by atoms with Gasteiger partial charge in [0, 0.05) is 6.20 Å². The molecule has 1 fully saturated rings. The van der Waals surface area contributed by atoms with Crippen LogP contribution in [0.3, 0.4) is 0 Å². The smallest absolute Gasteiger partial charge is 0.459 e. The highest BCUT2D eigenvalue weighted by molar-refractivity contribution is 7.52. The van der Waals surface area contributed by atoms with E-state index in [2.05, 4.69) is 10.1 Å². The molecule has 1 saturated heterocycles. The minimum atomic E-state index is -4.34. The fourth-order valence-electron chi connectivity index (χ4n) is 3.46. The molecule has 0 aliphatic carbocycles. The molecule has 15 heteroatoms. The summed E-state index contributed by atoms with van der Waals surface area (Å²) in [6.45, 7) is 4.01. The molecule has 2 aromatic rings. The summed E-state index contributed by atoms with van der Waals surface area (Å²) in [5.74, 6) is -0.708. The van der Waals surface area contributed by atoms with Crippen LogP contribution in [-0.2, 0) is 29.1 Å². The maximum absolute atomic E-state index is 13.6. The molecule has 1 aromatic carbocycles. The van der Waals surface area contributed by atoms with Crippen molar-refractivity contribution in [1.82, 2.24) is 14.6 Å². The number of hydrogen-bond acceptors (Lipinski definition) is 12. The Morgan fingerprint density at radius 1 is 1.32 bits per heavy atom. The Balaban J connectivity index is 1.83. The summed E-state index contributed by atoms with van der Waals surface area (Å²) < 4.78 is 36.0. The number of ether oxygens (including phenoxy) is 2. The van der Waals surface area contributed by atoms with Gasteiger partial charge in [-0.15, -0.1) is 0 Å². The number of nitrogen functional groups attached to an aromatic ring is 1. The summed E-state index contributed by atoms with van der Waals surface area (Å²) in [5, 5.41) is 33.5. The van der Waals surface area contributed by atoms with Gasteiger partial charge in [0.25, 0.3) is 5.72 Å². The third-order valence-corrected chi connectivity index (χ3v) is 6.86. The highest BCUT2D eigenvalue weighted by Gasteiger charge is 2.57. The molecule has 37 heavy (non-hydrogen) atoms. The molecule has 0 bridgehead atoms. The molecule has 0 saturated carbocycles. The van der Waals surface area contributed by atoms with Gasteiger partial charge in [-0.25, -0.2) is 9.36 Å². The number of nitrogens with one attached hydrogen (secondary N) is 1. The van der Waals surface area contributed by atoms with E-state index in [0.29, 0.717) is 4.57 Å². The lowest BCUT2D eigenvalue weighted by Crippen LogP contribution is -2.49. The number of carbonyl (C=O) groups is 1. The highest BCUT2D eigenvalue weighted by Crippen LogP contribution is 2.46. The molecule has 1 aliphatic heterocycles. The van der Waals surface area contributed by atoms with Crippen molar-refractivity contribution in [3.05, 3.63) is 53.1 Å². The largest absolute Gasteiger partial charge is 0.462 e. The van der Waals surface area contributed by atoms with Crippen LogP contribution >= 0.6 is 7.75 Å². The third kappa shape index (κ3) is 6.34. The number of aliphatic hydroxyl groups is 2. The fraction of sp³-hybridized carbons (Fsp3) is 0.455. The lowest BCUT2D eigenvalue weighted by atomic mass is 10.0. The Kier molecular flexibility index (Phi) is 8.70. The van der Waals surface area contributed by atoms with Crippen LogP contribution in [0.25, 0.3) is 0 Å². The second kappa shape index (κ2) is 11.4. The summed E-state index contributed by atoms with van der Waals surface area (Å²) in [6, 6.07) is 9.70. The second-order valence-corrected chi connectivity index (χ2v) is 10.1. The van der Waals surface area contributed by atoms with Crippen molar-refractivity contribution in [2.45, 2.75) is 57.0 Å². The first-order valence-corrected chi connectivity index (χ1v) is 12.7. The van der Waals surface area contributed by atoms with Crippen LogP contribution in [0.4, 0.5) is 5.82 Å². The van der Waals surface area contributed by atoms with Crippen LogP contribution in [0.15, 0.2) is 47.4 Å². The van der Waals surface area contributed by atoms with E-state index in [4.69, 9.17) is 24.3 Å². The van der Waals surface area contributed by atoms with Crippen LogP contribution in [0.1, 0.15) is 20.8 Å². The Morgan fingerprint density at radius 3 is 2.59 bits per heavy atom. The number of hydrogen-bond donors (Lipinski definition) is 4. The van der Waals surface area contributed by atoms with Gasteiger partial charge < -0.3 is 29.9 Å². The van der Waals surface area contributed by atoms with Gasteiger partial charge in [-0.2, -0.15) is 15.3 Å². The molecule has 3 rings (SSSR count). The third-order valence-electron chi connectivity index (χ3n) is 5.21. The topological polar surface area (TPSA) is 208 Å². The van der Waals surface area contributed by atoms with Crippen LogP contribution < -0.4 is 21.0 Å². The minimum Gasteiger partial charge on any atom is -0.462 e. The lowest BCUT2D eigenvalue weighted by Gasteiger charge is -2.26. The van der Waals surface area contributed by atoms with Gasteiger partial charge in [0.1, 0.15) is 42.0 Å². The molecule has 1 aliphatic rings. The van der Waals surface area contributed by atoms with Crippen LogP contribution in [-0.4, -0.2) is 62.8 Å². The number of rotatable bonds is 10. The summed E-state index contributed by atoms with van der Waals surface area (Å²) in [7, 11) is -4.34. The molecular weight excluding hydrogens is 509 g/mol. The van der Waals surface area contributed by atoms with E-state index in [1.54, 1.807) is 38.1 Å². The first-order valence-electron chi connectivity index (χ1n) is 11.2. The highest BCUT2D eigenvalue weighted by atomic mass is 31.2. The Morgan fingerprint density at radius 2 is 2.00 bits per heavy atom.